The summed E-state index contributed by atoms with van der Waals surface area (Å²) in [6.45, 7) is 2.34. The Bertz CT molecular complexity index is 712. The number of anilines is 1. The molecule has 1 aliphatic carbocycles. The SMILES string of the molecule is Nc1ncc(Cl)c(-c2cnn(CC3CCCCC3)c2)n1.OC1CCCOC1. The Labute approximate surface area is 164 Å². The van der Waals surface area contributed by atoms with Crippen molar-refractivity contribution in [2.45, 2.75) is 57.6 Å². The number of nitrogens with zero attached hydrogens (tertiary/aromatic N) is 4. The van der Waals surface area contributed by atoms with Gasteiger partial charge in [0.2, 0.25) is 5.95 Å². The van der Waals surface area contributed by atoms with E-state index in [1.165, 1.54) is 38.3 Å². The molecule has 2 aromatic rings. The zero-order chi connectivity index (χ0) is 19.1. The molecule has 7 nitrogen and oxygen atoms in total. The van der Waals surface area contributed by atoms with E-state index in [1.54, 1.807) is 6.20 Å². The molecule has 1 saturated heterocycles. The van der Waals surface area contributed by atoms with Crippen molar-refractivity contribution >= 4 is 17.5 Å². The predicted octanol–water partition coefficient (Wildman–Crippen LogP) is 3.31. The molecule has 4 rings (SSSR count). The Hall–Kier alpha value is -1.70. The van der Waals surface area contributed by atoms with Crippen molar-refractivity contribution < 1.29 is 9.84 Å². The van der Waals surface area contributed by atoms with Gasteiger partial charge in [0.25, 0.3) is 0 Å². The minimum absolute atomic E-state index is 0.186. The molecule has 8 heteroatoms. The molecule has 2 fully saturated rings. The van der Waals surface area contributed by atoms with Crippen LogP contribution < -0.4 is 5.73 Å². The van der Waals surface area contributed by atoms with Crippen LogP contribution in [0.25, 0.3) is 11.3 Å². The average molecular weight is 394 g/mol. The standard InChI is InChI=1S/C14H18ClN5.C5H10O2/c15-12-7-17-14(16)19-13(12)11-6-18-20(9-11)8-10-4-2-1-3-5-10;6-5-2-1-3-7-4-5/h6-7,9-10H,1-5,8H2,(H2,16,17,19);5-6H,1-4H2. The summed E-state index contributed by atoms with van der Waals surface area (Å²) in [4.78, 5) is 8.06. The molecule has 27 heavy (non-hydrogen) atoms. The summed E-state index contributed by atoms with van der Waals surface area (Å²) >= 11 is 6.11. The largest absolute Gasteiger partial charge is 0.391 e. The van der Waals surface area contributed by atoms with Crippen LogP contribution in [0.15, 0.2) is 18.6 Å². The van der Waals surface area contributed by atoms with Crippen molar-refractivity contribution in [2.24, 2.45) is 5.92 Å². The third-order valence-electron chi connectivity index (χ3n) is 4.98. The minimum Gasteiger partial charge on any atom is -0.391 e. The van der Waals surface area contributed by atoms with Gasteiger partial charge in [0.15, 0.2) is 0 Å². The van der Waals surface area contributed by atoms with Gasteiger partial charge in [0.1, 0.15) is 0 Å². The number of nitrogen functional groups attached to an aromatic ring is 1. The fraction of sp³-hybridized carbons (Fsp3) is 0.632. The lowest BCUT2D eigenvalue weighted by atomic mass is 9.89. The summed E-state index contributed by atoms with van der Waals surface area (Å²) in [5, 5.41) is 13.7. The lowest BCUT2D eigenvalue weighted by molar-refractivity contribution is -0.00535. The molecule has 1 unspecified atom stereocenters. The molecule has 0 radical (unpaired) electrons. The molecule has 0 spiro atoms. The molecule has 0 amide bonds. The molecule has 2 aromatic heterocycles. The van der Waals surface area contributed by atoms with Gasteiger partial charge in [-0.1, -0.05) is 30.9 Å². The summed E-state index contributed by atoms with van der Waals surface area (Å²) < 4.78 is 6.92. The maximum absolute atomic E-state index is 8.78. The molecule has 1 saturated carbocycles. The van der Waals surface area contributed by atoms with Gasteiger partial charge < -0.3 is 15.6 Å². The highest BCUT2D eigenvalue weighted by Crippen LogP contribution is 2.27. The maximum atomic E-state index is 8.78. The molecule has 2 aliphatic rings. The summed E-state index contributed by atoms with van der Waals surface area (Å²) in [7, 11) is 0. The molecule has 3 heterocycles. The van der Waals surface area contributed by atoms with E-state index in [2.05, 4.69) is 15.1 Å². The predicted molar refractivity (Wildman–Crippen MR) is 105 cm³/mol. The van der Waals surface area contributed by atoms with Crippen LogP contribution in [-0.2, 0) is 11.3 Å². The second-order valence-electron chi connectivity index (χ2n) is 7.25. The monoisotopic (exact) mass is 393 g/mol. The molecular weight excluding hydrogens is 366 g/mol. The van der Waals surface area contributed by atoms with Gasteiger partial charge in [0.05, 0.1) is 35.8 Å². The first-order chi connectivity index (χ1) is 13.1. The van der Waals surface area contributed by atoms with E-state index in [0.29, 0.717) is 17.3 Å². The lowest BCUT2D eigenvalue weighted by Gasteiger charge is -2.21. The first-order valence-electron chi connectivity index (χ1n) is 9.68. The Morgan fingerprint density at radius 1 is 1.19 bits per heavy atom. The Morgan fingerprint density at radius 2 is 2.00 bits per heavy atom. The highest BCUT2D eigenvalue weighted by atomic mass is 35.5. The van der Waals surface area contributed by atoms with E-state index in [0.717, 1.165) is 37.5 Å². The van der Waals surface area contributed by atoms with Crippen LogP contribution in [-0.4, -0.2) is 44.2 Å². The van der Waals surface area contributed by atoms with Crippen molar-refractivity contribution in [3.05, 3.63) is 23.6 Å². The number of aliphatic hydroxyl groups excluding tert-OH is 1. The van der Waals surface area contributed by atoms with Crippen LogP contribution in [0.3, 0.4) is 0 Å². The van der Waals surface area contributed by atoms with E-state index in [-0.39, 0.29) is 12.1 Å². The van der Waals surface area contributed by atoms with Crippen molar-refractivity contribution in [1.29, 1.82) is 0 Å². The number of ether oxygens (including phenoxy) is 1. The third-order valence-corrected chi connectivity index (χ3v) is 5.25. The Balaban J connectivity index is 0.000000253. The summed E-state index contributed by atoms with van der Waals surface area (Å²) in [6.07, 6.45) is 13.7. The second kappa shape index (κ2) is 10.0. The number of rotatable bonds is 3. The highest BCUT2D eigenvalue weighted by molar-refractivity contribution is 6.32. The molecule has 148 valence electrons. The molecule has 3 N–H and O–H groups in total. The Morgan fingerprint density at radius 3 is 2.67 bits per heavy atom. The van der Waals surface area contributed by atoms with E-state index < -0.39 is 0 Å². The number of halogens is 1. The van der Waals surface area contributed by atoms with Gasteiger partial charge in [-0.25, -0.2) is 9.97 Å². The zero-order valence-electron chi connectivity index (χ0n) is 15.6. The first-order valence-corrected chi connectivity index (χ1v) is 10.1. The number of nitrogens with two attached hydrogens (primary N) is 1. The van der Waals surface area contributed by atoms with E-state index >= 15 is 0 Å². The molecule has 0 bridgehead atoms. The van der Waals surface area contributed by atoms with Crippen molar-refractivity contribution in [1.82, 2.24) is 19.7 Å². The van der Waals surface area contributed by atoms with Gasteiger partial charge in [-0.05, 0) is 31.6 Å². The van der Waals surface area contributed by atoms with Gasteiger partial charge in [0, 0.05) is 24.9 Å². The smallest absolute Gasteiger partial charge is 0.220 e. The number of hydrogen-bond acceptors (Lipinski definition) is 6. The third kappa shape index (κ3) is 6.16. The second-order valence-corrected chi connectivity index (χ2v) is 7.66. The quantitative estimate of drug-likeness (QED) is 0.829. The summed E-state index contributed by atoms with van der Waals surface area (Å²) in [5.74, 6) is 0.965. The average Bonchev–Trinajstić information content (AvgIpc) is 3.14. The highest BCUT2D eigenvalue weighted by Gasteiger charge is 2.15. The fourth-order valence-electron chi connectivity index (χ4n) is 3.53. The van der Waals surface area contributed by atoms with Crippen molar-refractivity contribution in [3.63, 3.8) is 0 Å². The molecule has 0 aromatic carbocycles. The van der Waals surface area contributed by atoms with Gasteiger partial charge in [-0.3, -0.25) is 4.68 Å². The van der Waals surface area contributed by atoms with Gasteiger partial charge in [-0.15, -0.1) is 0 Å². The van der Waals surface area contributed by atoms with Crippen LogP contribution in [0.4, 0.5) is 5.95 Å². The molecule has 1 atom stereocenters. The van der Waals surface area contributed by atoms with Crippen LogP contribution >= 0.6 is 11.6 Å². The molecule has 1 aliphatic heterocycles. The Kier molecular flexibility index (Phi) is 7.43. The summed E-state index contributed by atoms with van der Waals surface area (Å²) in [5.41, 5.74) is 7.15. The fourth-order valence-corrected chi connectivity index (χ4v) is 3.73. The van der Waals surface area contributed by atoms with Crippen molar-refractivity contribution in [3.8, 4) is 11.3 Å². The normalized spacial score (nSPS) is 20.7. The van der Waals surface area contributed by atoms with Crippen molar-refractivity contribution in [2.75, 3.05) is 18.9 Å². The number of aliphatic hydroxyl groups is 1. The first kappa shape index (κ1) is 20.0. The van der Waals surface area contributed by atoms with Gasteiger partial charge >= 0.3 is 0 Å². The van der Waals surface area contributed by atoms with E-state index in [1.807, 2.05) is 10.9 Å². The van der Waals surface area contributed by atoms with Crippen LogP contribution in [0.1, 0.15) is 44.9 Å². The van der Waals surface area contributed by atoms with Gasteiger partial charge in [-0.2, -0.15) is 5.10 Å². The van der Waals surface area contributed by atoms with Crippen LogP contribution in [0.2, 0.25) is 5.02 Å². The van der Waals surface area contributed by atoms with Crippen LogP contribution in [0.5, 0.6) is 0 Å². The zero-order valence-corrected chi connectivity index (χ0v) is 16.3. The summed E-state index contributed by atoms with van der Waals surface area (Å²) in [6, 6.07) is 0. The van der Waals surface area contributed by atoms with E-state index in [9.17, 15) is 0 Å². The number of hydrogen-bond donors (Lipinski definition) is 2. The maximum Gasteiger partial charge on any atom is 0.220 e. The van der Waals surface area contributed by atoms with Crippen LogP contribution in [0, 0.1) is 5.92 Å². The number of aromatic nitrogens is 4. The lowest BCUT2D eigenvalue weighted by Crippen LogP contribution is -2.21. The topological polar surface area (TPSA) is 99.1 Å². The van der Waals surface area contributed by atoms with E-state index in [4.69, 9.17) is 27.2 Å². The minimum atomic E-state index is -0.186. The molecular formula is C19H28ClN5O2.